The summed E-state index contributed by atoms with van der Waals surface area (Å²) >= 11 is 0. The highest BCUT2D eigenvalue weighted by Crippen LogP contribution is 2.24. The van der Waals surface area contributed by atoms with Gasteiger partial charge in [0, 0.05) is 0 Å². The van der Waals surface area contributed by atoms with Gasteiger partial charge in [-0.3, -0.25) is 0 Å². The van der Waals surface area contributed by atoms with Crippen LogP contribution in [0.5, 0.6) is 0 Å². The molecule has 0 unspecified atom stereocenters. The van der Waals surface area contributed by atoms with Crippen molar-refractivity contribution in [2.75, 3.05) is 7.05 Å². The predicted octanol–water partition coefficient (Wildman–Crippen LogP) is 2.34. The van der Waals surface area contributed by atoms with Gasteiger partial charge in [-0.2, -0.15) is 0 Å². The number of nitrogens with zero attached hydrogens (tertiary/aromatic N) is 1. The van der Waals surface area contributed by atoms with Crippen LogP contribution in [0.25, 0.3) is 11.3 Å². The van der Waals surface area contributed by atoms with Crippen molar-refractivity contribution in [2.45, 2.75) is 6.54 Å². The third-order valence-corrected chi connectivity index (χ3v) is 2.10. The number of hydrogen-bond acceptors (Lipinski definition) is 3. The summed E-state index contributed by atoms with van der Waals surface area (Å²) in [5.74, 6) is -1.16. The van der Waals surface area contributed by atoms with E-state index in [9.17, 15) is 8.78 Å². The number of rotatable bonds is 3. The van der Waals surface area contributed by atoms with Crippen LogP contribution in [0.1, 0.15) is 5.89 Å². The van der Waals surface area contributed by atoms with Crippen molar-refractivity contribution in [1.82, 2.24) is 10.3 Å². The van der Waals surface area contributed by atoms with Gasteiger partial charge < -0.3 is 9.73 Å². The number of oxazole rings is 1. The fourth-order valence-electron chi connectivity index (χ4n) is 1.36. The van der Waals surface area contributed by atoms with E-state index in [-0.39, 0.29) is 11.3 Å². The highest BCUT2D eigenvalue weighted by Gasteiger charge is 2.13. The third kappa shape index (κ3) is 1.94. The van der Waals surface area contributed by atoms with E-state index in [1.807, 2.05) is 0 Å². The summed E-state index contributed by atoms with van der Waals surface area (Å²) < 4.78 is 31.6. The molecule has 84 valence electrons. The lowest BCUT2D eigenvalue weighted by molar-refractivity contribution is 0.479. The Kier molecular flexibility index (Phi) is 2.96. The van der Waals surface area contributed by atoms with Gasteiger partial charge in [-0.15, -0.1) is 0 Å². The molecule has 0 spiro atoms. The Morgan fingerprint density at radius 3 is 2.94 bits per heavy atom. The van der Waals surface area contributed by atoms with Gasteiger partial charge in [0.05, 0.1) is 18.3 Å². The lowest BCUT2D eigenvalue weighted by atomic mass is 10.2. The van der Waals surface area contributed by atoms with Crippen molar-refractivity contribution < 1.29 is 13.2 Å². The van der Waals surface area contributed by atoms with E-state index < -0.39 is 11.6 Å². The van der Waals surface area contributed by atoms with Crippen LogP contribution < -0.4 is 5.32 Å². The molecule has 0 saturated heterocycles. The van der Waals surface area contributed by atoms with E-state index >= 15 is 0 Å². The van der Waals surface area contributed by atoms with Gasteiger partial charge in [0.1, 0.15) is 0 Å². The van der Waals surface area contributed by atoms with Crippen LogP contribution in [0.4, 0.5) is 8.78 Å². The first-order valence-electron chi connectivity index (χ1n) is 4.76. The first-order valence-corrected chi connectivity index (χ1v) is 4.76. The molecule has 3 nitrogen and oxygen atoms in total. The summed E-state index contributed by atoms with van der Waals surface area (Å²) in [5, 5.41) is 2.85. The van der Waals surface area contributed by atoms with Crippen molar-refractivity contribution in [1.29, 1.82) is 0 Å². The number of halogens is 2. The highest BCUT2D eigenvalue weighted by atomic mass is 19.2. The number of hydrogen-bond donors (Lipinski definition) is 1. The minimum absolute atomic E-state index is 0.0786. The lowest BCUT2D eigenvalue weighted by Gasteiger charge is -1.99. The van der Waals surface area contributed by atoms with Crippen LogP contribution in [0.3, 0.4) is 0 Å². The number of nitrogens with one attached hydrogen (secondary N) is 1. The third-order valence-electron chi connectivity index (χ3n) is 2.10. The maximum Gasteiger partial charge on any atom is 0.208 e. The van der Waals surface area contributed by atoms with Crippen molar-refractivity contribution in [2.24, 2.45) is 0 Å². The standard InChI is InChI=1S/C11H10F2N2O/c1-14-6-10-15-5-9(16-10)7-3-2-4-8(12)11(7)13/h2-5,14H,6H2,1H3. The summed E-state index contributed by atoms with van der Waals surface area (Å²) in [6, 6.07) is 3.93. The molecule has 1 aromatic carbocycles. The largest absolute Gasteiger partial charge is 0.439 e. The van der Waals surface area contributed by atoms with Crippen LogP contribution >= 0.6 is 0 Å². The summed E-state index contributed by atoms with van der Waals surface area (Å²) in [6.45, 7) is 0.441. The quantitative estimate of drug-likeness (QED) is 0.869. The maximum absolute atomic E-state index is 13.4. The number of benzene rings is 1. The van der Waals surface area contributed by atoms with Crippen LogP contribution in [0.15, 0.2) is 28.8 Å². The first-order chi connectivity index (χ1) is 7.72. The van der Waals surface area contributed by atoms with Crippen molar-refractivity contribution in [3.8, 4) is 11.3 Å². The van der Waals surface area contributed by atoms with E-state index in [4.69, 9.17) is 4.42 Å². The lowest BCUT2D eigenvalue weighted by Crippen LogP contribution is -2.04. The molecular formula is C11H10F2N2O. The highest BCUT2D eigenvalue weighted by molar-refractivity contribution is 5.57. The van der Waals surface area contributed by atoms with Gasteiger partial charge in [0.25, 0.3) is 0 Å². The molecule has 0 amide bonds. The molecule has 5 heteroatoms. The summed E-state index contributed by atoms with van der Waals surface area (Å²) in [7, 11) is 1.74. The fourth-order valence-corrected chi connectivity index (χ4v) is 1.36. The van der Waals surface area contributed by atoms with E-state index in [2.05, 4.69) is 10.3 Å². The Bertz CT molecular complexity index is 496. The van der Waals surface area contributed by atoms with E-state index in [1.165, 1.54) is 18.3 Å². The zero-order valence-corrected chi connectivity index (χ0v) is 8.63. The Hall–Kier alpha value is -1.75. The zero-order chi connectivity index (χ0) is 11.5. The summed E-state index contributed by atoms with van der Waals surface area (Å²) in [6.07, 6.45) is 1.38. The predicted molar refractivity (Wildman–Crippen MR) is 54.6 cm³/mol. The topological polar surface area (TPSA) is 38.1 Å². The molecule has 0 aliphatic carbocycles. The molecular weight excluding hydrogens is 214 g/mol. The molecule has 0 radical (unpaired) electrons. The van der Waals surface area contributed by atoms with Gasteiger partial charge in [-0.25, -0.2) is 13.8 Å². The Morgan fingerprint density at radius 1 is 1.38 bits per heavy atom. The molecule has 0 fully saturated rings. The normalized spacial score (nSPS) is 10.7. The van der Waals surface area contributed by atoms with Gasteiger partial charge in [0.2, 0.25) is 5.89 Å². The smallest absolute Gasteiger partial charge is 0.208 e. The molecule has 2 rings (SSSR count). The number of aromatic nitrogens is 1. The van der Waals surface area contributed by atoms with Gasteiger partial charge in [-0.1, -0.05) is 6.07 Å². The van der Waals surface area contributed by atoms with Crippen LogP contribution in [-0.2, 0) is 6.54 Å². The van der Waals surface area contributed by atoms with Crippen LogP contribution in [0, 0.1) is 11.6 Å². The summed E-state index contributed by atoms with van der Waals surface area (Å²) in [5.41, 5.74) is 0.0786. The SMILES string of the molecule is CNCc1ncc(-c2cccc(F)c2F)o1. The van der Waals surface area contributed by atoms with E-state index in [0.29, 0.717) is 12.4 Å². The van der Waals surface area contributed by atoms with Crippen molar-refractivity contribution in [3.63, 3.8) is 0 Å². The van der Waals surface area contributed by atoms with E-state index in [0.717, 1.165) is 6.07 Å². The molecule has 0 atom stereocenters. The fraction of sp³-hybridized carbons (Fsp3) is 0.182. The Balaban J connectivity index is 2.39. The first kappa shape index (κ1) is 10.8. The van der Waals surface area contributed by atoms with Crippen molar-refractivity contribution in [3.05, 3.63) is 41.9 Å². The monoisotopic (exact) mass is 224 g/mol. The van der Waals surface area contributed by atoms with Crippen LogP contribution in [-0.4, -0.2) is 12.0 Å². The molecule has 0 bridgehead atoms. The second-order valence-corrected chi connectivity index (χ2v) is 3.25. The Morgan fingerprint density at radius 2 is 2.19 bits per heavy atom. The molecule has 0 aliphatic rings. The van der Waals surface area contributed by atoms with Crippen LogP contribution in [0.2, 0.25) is 0 Å². The molecule has 1 N–H and O–H groups in total. The molecule has 0 aliphatic heterocycles. The van der Waals surface area contributed by atoms with Crippen molar-refractivity contribution >= 4 is 0 Å². The van der Waals surface area contributed by atoms with E-state index in [1.54, 1.807) is 7.05 Å². The zero-order valence-electron chi connectivity index (χ0n) is 8.63. The molecule has 2 aromatic rings. The second kappa shape index (κ2) is 4.40. The van der Waals surface area contributed by atoms with Gasteiger partial charge in [-0.05, 0) is 19.2 Å². The summed E-state index contributed by atoms with van der Waals surface area (Å²) in [4.78, 5) is 3.93. The maximum atomic E-state index is 13.4. The minimum atomic E-state index is -0.922. The average Bonchev–Trinajstić information content (AvgIpc) is 2.71. The van der Waals surface area contributed by atoms with Gasteiger partial charge >= 0.3 is 0 Å². The molecule has 1 heterocycles. The average molecular weight is 224 g/mol. The molecule has 16 heavy (non-hydrogen) atoms. The minimum Gasteiger partial charge on any atom is -0.439 e. The molecule has 0 saturated carbocycles. The second-order valence-electron chi connectivity index (χ2n) is 3.25. The molecule has 1 aromatic heterocycles. The Labute approximate surface area is 91.1 Å². The van der Waals surface area contributed by atoms with Gasteiger partial charge in [0.15, 0.2) is 17.4 Å².